The Morgan fingerprint density at radius 3 is 2.72 bits per heavy atom. The molecule has 0 saturated carbocycles. The van der Waals surface area contributed by atoms with Crippen LogP contribution in [0.4, 0.5) is 0 Å². The van der Waals surface area contributed by atoms with Crippen molar-refractivity contribution in [2.75, 3.05) is 0 Å². The number of carboxylic acid groups (broad SMARTS) is 1. The van der Waals surface area contributed by atoms with Crippen molar-refractivity contribution in [3.8, 4) is 11.3 Å². The van der Waals surface area contributed by atoms with Gasteiger partial charge in [0.05, 0.1) is 5.69 Å². The maximum Gasteiger partial charge on any atom is 0.339 e. The highest BCUT2D eigenvalue weighted by Gasteiger charge is 2.25. The van der Waals surface area contributed by atoms with E-state index in [2.05, 4.69) is 5.10 Å². The van der Waals surface area contributed by atoms with Gasteiger partial charge in [-0.25, -0.2) is 4.79 Å². The standard InChI is InChI=1S/C14H14N2O2/c17-14(18)12-11-8-4-5-9-16(11)15-13(12)10-6-2-1-3-7-10/h1-3,6-7H,4-5,8-9H2,(H,17,18). The normalized spacial score (nSPS) is 14.2. The molecular weight excluding hydrogens is 228 g/mol. The Labute approximate surface area is 105 Å². The number of aromatic carboxylic acids is 1. The van der Waals surface area contributed by atoms with Gasteiger partial charge in [0.25, 0.3) is 0 Å². The number of hydrogen-bond donors (Lipinski definition) is 1. The summed E-state index contributed by atoms with van der Waals surface area (Å²) in [5.74, 6) is -0.878. The molecule has 4 nitrogen and oxygen atoms in total. The average molecular weight is 242 g/mol. The summed E-state index contributed by atoms with van der Waals surface area (Å²) < 4.78 is 1.86. The van der Waals surface area contributed by atoms with Crippen LogP contribution in [0.3, 0.4) is 0 Å². The Bertz CT molecular complexity index is 587. The highest BCUT2D eigenvalue weighted by atomic mass is 16.4. The van der Waals surface area contributed by atoms with Crippen molar-refractivity contribution in [1.82, 2.24) is 9.78 Å². The SMILES string of the molecule is O=C(O)c1c(-c2ccccc2)nn2c1CCCC2. The van der Waals surface area contributed by atoms with Gasteiger partial charge in [0.1, 0.15) is 11.3 Å². The molecule has 0 fully saturated rings. The lowest BCUT2D eigenvalue weighted by atomic mass is 10.0. The quantitative estimate of drug-likeness (QED) is 0.880. The Kier molecular flexibility index (Phi) is 2.63. The van der Waals surface area contributed by atoms with Crippen LogP contribution >= 0.6 is 0 Å². The molecule has 0 atom stereocenters. The Balaban J connectivity index is 2.20. The van der Waals surface area contributed by atoms with Crippen LogP contribution in [0.15, 0.2) is 30.3 Å². The van der Waals surface area contributed by atoms with Crippen molar-refractivity contribution in [1.29, 1.82) is 0 Å². The Hall–Kier alpha value is -2.10. The van der Waals surface area contributed by atoms with E-state index in [1.54, 1.807) is 0 Å². The van der Waals surface area contributed by atoms with Crippen molar-refractivity contribution < 1.29 is 9.90 Å². The summed E-state index contributed by atoms with van der Waals surface area (Å²) >= 11 is 0. The highest BCUT2D eigenvalue weighted by Crippen LogP contribution is 2.28. The fourth-order valence-electron chi connectivity index (χ4n) is 2.51. The Morgan fingerprint density at radius 2 is 2.00 bits per heavy atom. The van der Waals surface area contributed by atoms with Crippen molar-refractivity contribution in [3.63, 3.8) is 0 Å². The number of rotatable bonds is 2. The van der Waals surface area contributed by atoms with E-state index in [4.69, 9.17) is 0 Å². The molecule has 4 heteroatoms. The second kappa shape index (κ2) is 4.29. The molecule has 18 heavy (non-hydrogen) atoms. The number of aromatic nitrogens is 2. The summed E-state index contributed by atoms with van der Waals surface area (Å²) in [4.78, 5) is 11.5. The lowest BCUT2D eigenvalue weighted by Crippen LogP contribution is -2.13. The van der Waals surface area contributed by atoms with Gasteiger partial charge in [-0.3, -0.25) is 4.68 Å². The number of hydrogen-bond acceptors (Lipinski definition) is 2. The lowest BCUT2D eigenvalue weighted by molar-refractivity contribution is 0.0696. The fraction of sp³-hybridized carbons (Fsp3) is 0.286. The molecule has 1 aromatic heterocycles. The van der Waals surface area contributed by atoms with E-state index in [-0.39, 0.29) is 0 Å². The zero-order chi connectivity index (χ0) is 12.5. The summed E-state index contributed by atoms with van der Waals surface area (Å²) in [6, 6.07) is 9.53. The second-order valence-corrected chi connectivity index (χ2v) is 4.52. The zero-order valence-corrected chi connectivity index (χ0v) is 9.97. The molecular formula is C14H14N2O2. The van der Waals surface area contributed by atoms with Crippen LogP contribution in [0.1, 0.15) is 28.9 Å². The summed E-state index contributed by atoms with van der Waals surface area (Å²) in [6.45, 7) is 0.822. The number of fused-ring (bicyclic) bond motifs is 1. The molecule has 0 radical (unpaired) electrons. The van der Waals surface area contributed by atoms with Gasteiger partial charge in [0.2, 0.25) is 0 Å². The van der Waals surface area contributed by atoms with E-state index in [9.17, 15) is 9.90 Å². The summed E-state index contributed by atoms with van der Waals surface area (Å²) in [6.07, 6.45) is 2.92. The zero-order valence-electron chi connectivity index (χ0n) is 9.97. The third kappa shape index (κ3) is 1.70. The number of carbonyl (C=O) groups is 1. The second-order valence-electron chi connectivity index (χ2n) is 4.52. The van der Waals surface area contributed by atoms with E-state index < -0.39 is 5.97 Å². The van der Waals surface area contributed by atoms with Crippen LogP contribution in [-0.2, 0) is 13.0 Å². The van der Waals surface area contributed by atoms with Gasteiger partial charge < -0.3 is 5.11 Å². The summed E-state index contributed by atoms with van der Waals surface area (Å²) in [5.41, 5.74) is 2.71. The minimum atomic E-state index is -0.878. The highest BCUT2D eigenvalue weighted by molar-refractivity contribution is 5.96. The molecule has 0 unspecified atom stereocenters. The minimum Gasteiger partial charge on any atom is -0.478 e. The van der Waals surface area contributed by atoms with Crippen molar-refractivity contribution in [3.05, 3.63) is 41.6 Å². The van der Waals surface area contributed by atoms with Crippen LogP contribution in [0, 0.1) is 0 Å². The molecule has 92 valence electrons. The van der Waals surface area contributed by atoms with E-state index in [0.717, 1.165) is 37.1 Å². The largest absolute Gasteiger partial charge is 0.478 e. The predicted molar refractivity (Wildman–Crippen MR) is 67.6 cm³/mol. The van der Waals surface area contributed by atoms with Gasteiger partial charge in [0.15, 0.2) is 0 Å². The molecule has 1 aliphatic rings. The van der Waals surface area contributed by atoms with Crippen LogP contribution in [-0.4, -0.2) is 20.9 Å². The molecule has 0 saturated heterocycles. The van der Waals surface area contributed by atoms with Gasteiger partial charge >= 0.3 is 5.97 Å². The van der Waals surface area contributed by atoms with E-state index in [1.165, 1.54) is 0 Å². The molecule has 0 spiro atoms. The first-order chi connectivity index (χ1) is 8.77. The van der Waals surface area contributed by atoms with E-state index >= 15 is 0 Å². The van der Waals surface area contributed by atoms with Crippen molar-refractivity contribution >= 4 is 5.97 Å². The first kappa shape index (κ1) is 11.0. The fourth-order valence-corrected chi connectivity index (χ4v) is 2.51. The number of carboxylic acids is 1. The van der Waals surface area contributed by atoms with Crippen LogP contribution in [0.2, 0.25) is 0 Å². The number of nitrogens with zero attached hydrogens (tertiary/aromatic N) is 2. The average Bonchev–Trinajstić information content (AvgIpc) is 2.79. The molecule has 1 aliphatic heterocycles. The monoisotopic (exact) mass is 242 g/mol. The molecule has 0 bridgehead atoms. The summed E-state index contributed by atoms with van der Waals surface area (Å²) in [7, 11) is 0. The van der Waals surface area contributed by atoms with Gasteiger partial charge in [-0.2, -0.15) is 5.10 Å². The molecule has 0 aliphatic carbocycles. The van der Waals surface area contributed by atoms with E-state index in [0.29, 0.717) is 11.3 Å². The first-order valence-corrected chi connectivity index (χ1v) is 6.16. The number of aryl methyl sites for hydroxylation is 1. The Morgan fingerprint density at radius 1 is 1.22 bits per heavy atom. The van der Waals surface area contributed by atoms with Gasteiger partial charge in [-0.05, 0) is 19.3 Å². The third-order valence-corrected chi connectivity index (χ3v) is 3.35. The smallest absolute Gasteiger partial charge is 0.339 e. The molecule has 1 aromatic carbocycles. The van der Waals surface area contributed by atoms with E-state index in [1.807, 2.05) is 35.0 Å². The minimum absolute atomic E-state index is 0.376. The molecule has 0 amide bonds. The lowest BCUT2D eigenvalue weighted by Gasteiger charge is -2.13. The summed E-state index contributed by atoms with van der Waals surface area (Å²) in [5, 5.41) is 13.9. The van der Waals surface area contributed by atoms with Crippen molar-refractivity contribution in [2.45, 2.75) is 25.8 Å². The maximum atomic E-state index is 11.5. The number of benzene rings is 1. The van der Waals surface area contributed by atoms with Crippen LogP contribution in [0.5, 0.6) is 0 Å². The first-order valence-electron chi connectivity index (χ1n) is 6.16. The van der Waals surface area contributed by atoms with Gasteiger partial charge in [-0.15, -0.1) is 0 Å². The third-order valence-electron chi connectivity index (χ3n) is 3.35. The maximum absolute atomic E-state index is 11.5. The molecule has 2 aromatic rings. The molecule has 2 heterocycles. The molecule has 1 N–H and O–H groups in total. The topological polar surface area (TPSA) is 55.1 Å². The van der Waals surface area contributed by atoms with Gasteiger partial charge in [-0.1, -0.05) is 30.3 Å². The van der Waals surface area contributed by atoms with Crippen LogP contribution in [0.25, 0.3) is 11.3 Å². The van der Waals surface area contributed by atoms with Gasteiger partial charge in [0, 0.05) is 12.1 Å². The predicted octanol–water partition coefficient (Wildman–Crippen LogP) is 2.58. The molecule has 3 rings (SSSR count). The van der Waals surface area contributed by atoms with Crippen molar-refractivity contribution in [2.24, 2.45) is 0 Å². The van der Waals surface area contributed by atoms with Crippen LogP contribution < -0.4 is 0 Å².